The van der Waals surface area contributed by atoms with E-state index in [-0.39, 0.29) is 6.47 Å². The van der Waals surface area contributed by atoms with Gasteiger partial charge in [-0.05, 0) is 37.1 Å². The molecule has 2 heterocycles. The molecule has 118 valence electrons. The number of hydrogen-bond acceptors (Lipinski definition) is 4. The number of benzene rings is 1. The lowest BCUT2D eigenvalue weighted by Crippen LogP contribution is -2.43. The van der Waals surface area contributed by atoms with Crippen molar-refractivity contribution >= 4 is 34.8 Å². The Kier molecular flexibility index (Phi) is 5.57. The van der Waals surface area contributed by atoms with E-state index < -0.39 is 0 Å². The van der Waals surface area contributed by atoms with Crippen molar-refractivity contribution in [3.63, 3.8) is 0 Å². The normalized spacial score (nSPS) is 14.4. The highest BCUT2D eigenvalue weighted by Crippen LogP contribution is 2.28. The van der Waals surface area contributed by atoms with Crippen LogP contribution in [0, 0.1) is 13.8 Å². The first kappa shape index (κ1) is 16.5. The number of pyridine rings is 1. The van der Waals surface area contributed by atoms with E-state index in [0.29, 0.717) is 0 Å². The molecule has 1 saturated heterocycles. The molecule has 1 aliphatic rings. The molecule has 0 atom stereocenters. The molecular weight excluding hydrogens is 302 g/mol. The van der Waals surface area contributed by atoms with E-state index in [4.69, 9.17) is 26.5 Å². The van der Waals surface area contributed by atoms with Gasteiger partial charge in [0.25, 0.3) is 6.47 Å². The molecule has 0 aliphatic carbocycles. The van der Waals surface area contributed by atoms with Gasteiger partial charge in [-0.1, -0.05) is 17.7 Å². The quantitative estimate of drug-likeness (QED) is 0.790. The molecule has 3 rings (SSSR count). The van der Waals surface area contributed by atoms with E-state index in [1.165, 1.54) is 10.9 Å². The van der Waals surface area contributed by atoms with E-state index >= 15 is 0 Å². The second-order valence-electron chi connectivity index (χ2n) is 5.21. The average Bonchev–Trinajstić information content (AvgIpc) is 2.53. The van der Waals surface area contributed by atoms with Crippen LogP contribution in [0.1, 0.15) is 11.1 Å². The van der Waals surface area contributed by atoms with Gasteiger partial charge in [-0.15, -0.1) is 0 Å². The first-order valence-electron chi connectivity index (χ1n) is 7.18. The van der Waals surface area contributed by atoms with Crippen LogP contribution in [0.25, 0.3) is 10.9 Å². The van der Waals surface area contributed by atoms with Gasteiger partial charge in [-0.25, -0.2) is 4.98 Å². The summed E-state index contributed by atoms with van der Waals surface area (Å²) in [6, 6.07) is 6.20. The SMILES string of the molecule is Cc1cc(N2CCNCC2)nc2c(C)c(Cl)ccc12.O=CO. The second kappa shape index (κ2) is 7.42. The summed E-state index contributed by atoms with van der Waals surface area (Å²) in [5, 5.41) is 12.2. The molecule has 0 unspecified atom stereocenters. The number of aromatic nitrogens is 1. The minimum Gasteiger partial charge on any atom is -0.483 e. The molecule has 0 saturated carbocycles. The molecule has 1 aliphatic heterocycles. The zero-order valence-electron chi connectivity index (χ0n) is 12.8. The van der Waals surface area contributed by atoms with Crippen LogP contribution in [-0.2, 0) is 4.79 Å². The van der Waals surface area contributed by atoms with Gasteiger partial charge in [-0.3, -0.25) is 4.79 Å². The summed E-state index contributed by atoms with van der Waals surface area (Å²) in [6.45, 7) is 8.00. The van der Waals surface area contributed by atoms with Crippen LogP contribution in [-0.4, -0.2) is 42.7 Å². The van der Waals surface area contributed by atoms with Crippen LogP contribution in [0.4, 0.5) is 5.82 Å². The summed E-state index contributed by atoms with van der Waals surface area (Å²) >= 11 is 6.21. The molecular formula is C16H20ClN3O2. The lowest BCUT2D eigenvalue weighted by molar-refractivity contribution is -0.122. The molecule has 6 heteroatoms. The van der Waals surface area contributed by atoms with Crippen molar-refractivity contribution in [1.29, 1.82) is 0 Å². The number of carboxylic acid groups (broad SMARTS) is 1. The Morgan fingerprint density at radius 2 is 1.95 bits per heavy atom. The van der Waals surface area contributed by atoms with E-state index in [9.17, 15) is 0 Å². The van der Waals surface area contributed by atoms with Crippen molar-refractivity contribution in [3.05, 3.63) is 34.3 Å². The van der Waals surface area contributed by atoms with E-state index in [1.54, 1.807) is 0 Å². The molecule has 2 N–H and O–H groups in total. The molecule has 0 bridgehead atoms. The lowest BCUT2D eigenvalue weighted by atomic mass is 10.1. The van der Waals surface area contributed by atoms with Gasteiger partial charge in [0.15, 0.2) is 0 Å². The van der Waals surface area contributed by atoms with Gasteiger partial charge in [0, 0.05) is 36.6 Å². The fourth-order valence-electron chi connectivity index (χ4n) is 2.61. The van der Waals surface area contributed by atoms with Crippen LogP contribution >= 0.6 is 11.6 Å². The maximum Gasteiger partial charge on any atom is 0.290 e. The summed E-state index contributed by atoms with van der Waals surface area (Å²) in [4.78, 5) is 15.5. The molecule has 5 nitrogen and oxygen atoms in total. The van der Waals surface area contributed by atoms with Crippen LogP contribution in [0.2, 0.25) is 5.02 Å². The summed E-state index contributed by atoms with van der Waals surface area (Å²) in [5.74, 6) is 1.07. The Hall–Kier alpha value is -1.85. The third kappa shape index (κ3) is 3.48. The number of halogens is 1. The van der Waals surface area contributed by atoms with Crippen molar-refractivity contribution < 1.29 is 9.90 Å². The van der Waals surface area contributed by atoms with Crippen molar-refractivity contribution in [2.24, 2.45) is 0 Å². The number of anilines is 1. The zero-order chi connectivity index (χ0) is 16.1. The van der Waals surface area contributed by atoms with Gasteiger partial charge in [-0.2, -0.15) is 0 Å². The number of aryl methyl sites for hydroxylation is 2. The highest BCUT2D eigenvalue weighted by Gasteiger charge is 2.14. The Morgan fingerprint density at radius 1 is 1.32 bits per heavy atom. The molecule has 1 aromatic carbocycles. The molecule has 22 heavy (non-hydrogen) atoms. The highest BCUT2D eigenvalue weighted by molar-refractivity contribution is 6.32. The number of carbonyl (C=O) groups is 1. The zero-order valence-corrected chi connectivity index (χ0v) is 13.5. The van der Waals surface area contributed by atoms with E-state index in [0.717, 1.165) is 48.1 Å². The summed E-state index contributed by atoms with van der Waals surface area (Å²) in [7, 11) is 0. The van der Waals surface area contributed by atoms with Gasteiger partial charge in [0.05, 0.1) is 5.52 Å². The Labute approximate surface area is 134 Å². The van der Waals surface area contributed by atoms with Gasteiger partial charge in [0.1, 0.15) is 5.82 Å². The number of piperazine rings is 1. The molecule has 0 radical (unpaired) electrons. The number of fused-ring (bicyclic) bond motifs is 1. The minimum atomic E-state index is -0.250. The van der Waals surface area contributed by atoms with Crippen LogP contribution in [0.3, 0.4) is 0 Å². The summed E-state index contributed by atoms with van der Waals surface area (Å²) in [5.41, 5.74) is 3.36. The number of hydrogen-bond donors (Lipinski definition) is 2. The third-order valence-electron chi connectivity index (χ3n) is 3.80. The van der Waals surface area contributed by atoms with Gasteiger partial charge >= 0.3 is 0 Å². The predicted octanol–water partition coefficient (Wildman–Crippen LogP) is 2.62. The van der Waals surface area contributed by atoms with E-state index in [2.05, 4.69) is 29.3 Å². The topological polar surface area (TPSA) is 65.5 Å². The molecule has 1 fully saturated rings. The smallest absolute Gasteiger partial charge is 0.290 e. The predicted molar refractivity (Wildman–Crippen MR) is 90.0 cm³/mol. The standard InChI is InChI=1S/C15H18ClN3.CH2O2/c1-10-9-14(19-7-5-17-6-8-19)18-15-11(2)13(16)4-3-12(10)15;2-1-3/h3-4,9,17H,5-8H2,1-2H3;1H,(H,2,3). The maximum absolute atomic E-state index is 8.36. The highest BCUT2D eigenvalue weighted by atomic mass is 35.5. The van der Waals surface area contributed by atoms with Crippen molar-refractivity contribution in [1.82, 2.24) is 10.3 Å². The van der Waals surface area contributed by atoms with Gasteiger partial charge in [0.2, 0.25) is 0 Å². The van der Waals surface area contributed by atoms with Gasteiger partial charge < -0.3 is 15.3 Å². The number of nitrogens with one attached hydrogen (secondary N) is 1. The molecule has 1 aromatic heterocycles. The van der Waals surface area contributed by atoms with Crippen LogP contribution in [0.15, 0.2) is 18.2 Å². The number of rotatable bonds is 1. The van der Waals surface area contributed by atoms with E-state index in [1.807, 2.05) is 13.0 Å². The lowest BCUT2D eigenvalue weighted by Gasteiger charge is -2.29. The fraction of sp³-hybridized carbons (Fsp3) is 0.375. The largest absolute Gasteiger partial charge is 0.483 e. The van der Waals surface area contributed by atoms with Crippen molar-refractivity contribution in [2.45, 2.75) is 13.8 Å². The van der Waals surface area contributed by atoms with Crippen molar-refractivity contribution in [3.8, 4) is 0 Å². The Morgan fingerprint density at radius 3 is 2.59 bits per heavy atom. The van der Waals surface area contributed by atoms with Crippen molar-refractivity contribution in [2.75, 3.05) is 31.1 Å². The summed E-state index contributed by atoms with van der Waals surface area (Å²) in [6.07, 6.45) is 0. The Bertz CT molecular complexity index is 670. The van der Waals surface area contributed by atoms with Crippen LogP contribution in [0.5, 0.6) is 0 Å². The first-order chi connectivity index (χ1) is 10.6. The second-order valence-corrected chi connectivity index (χ2v) is 5.62. The number of nitrogens with zero attached hydrogens (tertiary/aromatic N) is 2. The monoisotopic (exact) mass is 321 g/mol. The van der Waals surface area contributed by atoms with Crippen LogP contribution < -0.4 is 10.2 Å². The molecule has 0 amide bonds. The third-order valence-corrected chi connectivity index (χ3v) is 4.21. The summed E-state index contributed by atoms with van der Waals surface area (Å²) < 4.78 is 0. The molecule has 0 spiro atoms. The maximum atomic E-state index is 8.36. The first-order valence-corrected chi connectivity index (χ1v) is 7.56. The Balaban J connectivity index is 0.000000545. The minimum absolute atomic E-state index is 0.250. The molecule has 2 aromatic rings. The fourth-order valence-corrected chi connectivity index (χ4v) is 2.76. The average molecular weight is 322 g/mol.